The standard InChI is InChI=1S/C22H28N2O3/c1-22(7-9-23-10-8-22)21(25)24-11-12-27-20(15-24)18-4-3-17-14-19(26-2)6-5-16(17)13-18/h3-6,13-14,20,23H,7-12,15H2,1-2H3/t20-/m0/s1. The second-order valence-corrected chi connectivity index (χ2v) is 7.89. The lowest BCUT2D eigenvalue weighted by molar-refractivity contribution is -0.150. The monoisotopic (exact) mass is 368 g/mol. The zero-order chi connectivity index (χ0) is 18.9. The Kier molecular flexibility index (Phi) is 5.06. The molecule has 2 heterocycles. The molecule has 1 atom stereocenters. The Balaban J connectivity index is 1.52. The fraction of sp³-hybridized carbons (Fsp3) is 0.500. The fourth-order valence-corrected chi connectivity index (χ4v) is 4.18. The van der Waals surface area contributed by atoms with Gasteiger partial charge in [-0.2, -0.15) is 0 Å². The Morgan fingerprint density at radius 2 is 1.93 bits per heavy atom. The normalized spacial score (nSPS) is 22.6. The maximum absolute atomic E-state index is 13.2. The van der Waals surface area contributed by atoms with Crippen LogP contribution in [0.1, 0.15) is 31.4 Å². The first-order valence-corrected chi connectivity index (χ1v) is 9.78. The number of hydrogen-bond donors (Lipinski definition) is 1. The molecule has 0 unspecified atom stereocenters. The predicted molar refractivity (Wildman–Crippen MR) is 106 cm³/mol. The number of nitrogens with one attached hydrogen (secondary N) is 1. The van der Waals surface area contributed by atoms with Gasteiger partial charge in [0.15, 0.2) is 0 Å². The minimum atomic E-state index is -0.243. The molecule has 0 radical (unpaired) electrons. The average molecular weight is 368 g/mol. The number of ether oxygens (including phenoxy) is 2. The molecule has 2 saturated heterocycles. The summed E-state index contributed by atoms with van der Waals surface area (Å²) >= 11 is 0. The maximum atomic E-state index is 13.2. The molecule has 2 aromatic carbocycles. The molecule has 2 aromatic rings. The molecule has 5 nitrogen and oxygen atoms in total. The summed E-state index contributed by atoms with van der Waals surface area (Å²) in [5.74, 6) is 1.14. The molecule has 1 N–H and O–H groups in total. The van der Waals surface area contributed by atoms with E-state index < -0.39 is 0 Å². The smallest absolute Gasteiger partial charge is 0.228 e. The van der Waals surface area contributed by atoms with Crippen molar-refractivity contribution < 1.29 is 14.3 Å². The second kappa shape index (κ2) is 7.49. The molecule has 5 heteroatoms. The molecule has 2 aliphatic rings. The number of carbonyl (C=O) groups excluding carboxylic acids is 1. The van der Waals surface area contributed by atoms with Crippen molar-refractivity contribution >= 4 is 16.7 Å². The van der Waals surface area contributed by atoms with E-state index in [0.717, 1.165) is 48.0 Å². The summed E-state index contributed by atoms with van der Waals surface area (Å²) in [4.78, 5) is 15.2. The number of methoxy groups -OCH3 is 1. The van der Waals surface area contributed by atoms with E-state index in [1.165, 1.54) is 0 Å². The van der Waals surface area contributed by atoms with Crippen molar-refractivity contribution in [3.63, 3.8) is 0 Å². The first-order chi connectivity index (χ1) is 13.1. The summed E-state index contributed by atoms with van der Waals surface area (Å²) in [6.07, 6.45) is 1.75. The van der Waals surface area contributed by atoms with Gasteiger partial charge < -0.3 is 19.7 Å². The van der Waals surface area contributed by atoms with Crippen LogP contribution in [0.25, 0.3) is 10.8 Å². The third kappa shape index (κ3) is 3.66. The molecule has 0 saturated carbocycles. The first kappa shape index (κ1) is 18.3. The highest BCUT2D eigenvalue weighted by Gasteiger charge is 2.39. The van der Waals surface area contributed by atoms with Crippen LogP contribution in [0.15, 0.2) is 36.4 Å². The van der Waals surface area contributed by atoms with E-state index in [-0.39, 0.29) is 17.4 Å². The largest absolute Gasteiger partial charge is 0.497 e. The highest BCUT2D eigenvalue weighted by atomic mass is 16.5. The van der Waals surface area contributed by atoms with Crippen LogP contribution >= 0.6 is 0 Å². The van der Waals surface area contributed by atoms with Crippen LogP contribution in [0.2, 0.25) is 0 Å². The summed E-state index contributed by atoms with van der Waals surface area (Å²) in [5, 5.41) is 5.65. The van der Waals surface area contributed by atoms with Gasteiger partial charge in [-0.1, -0.05) is 25.1 Å². The minimum Gasteiger partial charge on any atom is -0.497 e. The molecular formula is C22H28N2O3. The summed E-state index contributed by atoms with van der Waals surface area (Å²) in [7, 11) is 1.68. The molecular weight excluding hydrogens is 340 g/mol. The lowest BCUT2D eigenvalue weighted by Gasteiger charge is -2.41. The van der Waals surface area contributed by atoms with Gasteiger partial charge >= 0.3 is 0 Å². The maximum Gasteiger partial charge on any atom is 0.228 e. The number of nitrogens with zero attached hydrogens (tertiary/aromatic N) is 1. The van der Waals surface area contributed by atoms with Gasteiger partial charge in [-0.3, -0.25) is 4.79 Å². The molecule has 2 fully saturated rings. The van der Waals surface area contributed by atoms with Crippen molar-refractivity contribution in [2.75, 3.05) is 39.9 Å². The van der Waals surface area contributed by atoms with E-state index in [1.807, 2.05) is 17.0 Å². The average Bonchev–Trinajstić information content (AvgIpc) is 2.73. The van der Waals surface area contributed by atoms with Crippen LogP contribution in [-0.2, 0) is 9.53 Å². The van der Waals surface area contributed by atoms with Crippen molar-refractivity contribution in [2.24, 2.45) is 5.41 Å². The van der Waals surface area contributed by atoms with Crippen LogP contribution in [0.4, 0.5) is 0 Å². The molecule has 0 aliphatic carbocycles. The van der Waals surface area contributed by atoms with Gasteiger partial charge in [-0.15, -0.1) is 0 Å². The number of amides is 1. The lowest BCUT2D eigenvalue weighted by atomic mass is 9.79. The van der Waals surface area contributed by atoms with Gasteiger partial charge in [0.25, 0.3) is 0 Å². The number of rotatable bonds is 3. The van der Waals surface area contributed by atoms with Gasteiger partial charge in [0.05, 0.1) is 20.3 Å². The Labute approximate surface area is 160 Å². The summed E-state index contributed by atoms with van der Waals surface area (Å²) in [5.41, 5.74) is 0.883. The van der Waals surface area contributed by atoms with Crippen LogP contribution in [0.5, 0.6) is 5.75 Å². The van der Waals surface area contributed by atoms with Crippen LogP contribution in [0.3, 0.4) is 0 Å². The molecule has 144 valence electrons. The Hall–Kier alpha value is -2.11. The van der Waals surface area contributed by atoms with E-state index >= 15 is 0 Å². The van der Waals surface area contributed by atoms with E-state index in [9.17, 15) is 4.79 Å². The van der Waals surface area contributed by atoms with Gasteiger partial charge in [0.2, 0.25) is 5.91 Å². The zero-order valence-electron chi connectivity index (χ0n) is 16.2. The number of carbonyl (C=O) groups is 1. The number of benzene rings is 2. The van der Waals surface area contributed by atoms with E-state index in [2.05, 4.69) is 36.5 Å². The van der Waals surface area contributed by atoms with Crippen molar-refractivity contribution in [1.29, 1.82) is 0 Å². The SMILES string of the molecule is COc1ccc2cc([C@@H]3CN(C(=O)C4(C)CCNCC4)CCO3)ccc2c1. The highest BCUT2D eigenvalue weighted by Crippen LogP contribution is 2.33. The fourth-order valence-electron chi connectivity index (χ4n) is 4.18. The summed E-state index contributed by atoms with van der Waals surface area (Å²) in [6.45, 7) is 5.86. The van der Waals surface area contributed by atoms with Crippen LogP contribution < -0.4 is 10.1 Å². The number of piperidine rings is 1. The highest BCUT2D eigenvalue weighted by molar-refractivity contribution is 5.85. The van der Waals surface area contributed by atoms with Crippen molar-refractivity contribution in [1.82, 2.24) is 10.2 Å². The van der Waals surface area contributed by atoms with Gasteiger partial charge in [-0.05, 0) is 60.5 Å². The van der Waals surface area contributed by atoms with E-state index in [0.29, 0.717) is 19.7 Å². The zero-order valence-corrected chi connectivity index (χ0v) is 16.2. The Morgan fingerprint density at radius 3 is 2.70 bits per heavy atom. The molecule has 0 bridgehead atoms. The van der Waals surface area contributed by atoms with Gasteiger partial charge in [-0.25, -0.2) is 0 Å². The molecule has 4 rings (SSSR count). The van der Waals surface area contributed by atoms with Crippen molar-refractivity contribution in [3.05, 3.63) is 42.0 Å². The predicted octanol–water partition coefficient (Wildman–Crippen LogP) is 3.14. The third-order valence-corrected chi connectivity index (χ3v) is 6.02. The second-order valence-electron chi connectivity index (χ2n) is 7.89. The molecule has 1 amide bonds. The summed E-state index contributed by atoms with van der Waals surface area (Å²) < 4.78 is 11.3. The van der Waals surface area contributed by atoms with Crippen molar-refractivity contribution in [2.45, 2.75) is 25.9 Å². The first-order valence-electron chi connectivity index (χ1n) is 9.78. The van der Waals surface area contributed by atoms with Crippen LogP contribution in [0, 0.1) is 5.41 Å². The quantitative estimate of drug-likeness (QED) is 0.904. The van der Waals surface area contributed by atoms with Crippen LogP contribution in [-0.4, -0.2) is 50.7 Å². The molecule has 0 aromatic heterocycles. The molecule has 2 aliphatic heterocycles. The molecule has 27 heavy (non-hydrogen) atoms. The topological polar surface area (TPSA) is 50.8 Å². The number of morpholine rings is 1. The van der Waals surface area contributed by atoms with E-state index in [1.54, 1.807) is 7.11 Å². The minimum absolute atomic E-state index is 0.0699. The Bertz CT molecular complexity index is 829. The summed E-state index contributed by atoms with van der Waals surface area (Å²) in [6, 6.07) is 12.5. The number of fused-ring (bicyclic) bond motifs is 1. The number of hydrogen-bond acceptors (Lipinski definition) is 4. The Morgan fingerprint density at radius 1 is 1.19 bits per heavy atom. The van der Waals surface area contributed by atoms with Gasteiger partial charge in [0.1, 0.15) is 11.9 Å². The van der Waals surface area contributed by atoms with E-state index in [4.69, 9.17) is 9.47 Å². The van der Waals surface area contributed by atoms with Crippen molar-refractivity contribution in [3.8, 4) is 5.75 Å². The lowest BCUT2D eigenvalue weighted by Crippen LogP contribution is -2.51. The third-order valence-electron chi connectivity index (χ3n) is 6.02. The van der Waals surface area contributed by atoms with Gasteiger partial charge in [0, 0.05) is 12.0 Å². The molecule has 0 spiro atoms.